The van der Waals surface area contributed by atoms with E-state index < -0.39 is 0 Å². The Bertz CT molecular complexity index is 1050. The number of anilines is 1. The van der Waals surface area contributed by atoms with Crippen molar-refractivity contribution in [2.24, 2.45) is 0 Å². The molecule has 7 nitrogen and oxygen atoms in total. The van der Waals surface area contributed by atoms with Crippen LogP contribution in [0.2, 0.25) is 0 Å². The van der Waals surface area contributed by atoms with Crippen LogP contribution in [0.5, 0.6) is 17.2 Å². The minimum Gasteiger partial charge on any atom is -0.497 e. The normalized spacial score (nSPS) is 10.8. The molecule has 0 fully saturated rings. The molecule has 0 unspecified atom stereocenters. The van der Waals surface area contributed by atoms with E-state index in [-0.39, 0.29) is 18.3 Å². The molecule has 3 aromatic rings. The van der Waals surface area contributed by atoms with Crippen molar-refractivity contribution >= 4 is 56.8 Å². The maximum absolute atomic E-state index is 13.4. The van der Waals surface area contributed by atoms with Gasteiger partial charge in [0.25, 0.3) is 0 Å². The number of nitrogens with zero attached hydrogens (tertiary/aromatic N) is 3. The van der Waals surface area contributed by atoms with Crippen molar-refractivity contribution in [2.45, 2.75) is 31.6 Å². The first-order valence-electron chi connectivity index (χ1n) is 11.9. The number of aromatic nitrogens is 1. The van der Waals surface area contributed by atoms with E-state index in [0.29, 0.717) is 23.8 Å². The number of benzene rings is 2. The lowest BCUT2D eigenvalue weighted by atomic mass is 10.3. The number of thiazole rings is 1. The summed E-state index contributed by atoms with van der Waals surface area (Å²) in [6, 6.07) is 11.7. The van der Waals surface area contributed by atoms with E-state index in [1.165, 1.54) is 16.2 Å². The molecule has 36 heavy (non-hydrogen) atoms. The second kappa shape index (κ2) is 15.1. The third kappa shape index (κ3) is 7.65. The zero-order valence-corrected chi connectivity index (χ0v) is 24.1. The largest absolute Gasteiger partial charge is 0.497 e. The number of likely N-dealkylation sites (N-methyl/N-ethyl adjacent to an activating group) is 1. The molecule has 1 heterocycles. The molecule has 0 atom stereocenters. The molecular weight excluding hydrogens is 518 g/mol. The number of halogens is 1. The summed E-state index contributed by atoms with van der Waals surface area (Å²) < 4.78 is 17.2. The zero-order chi connectivity index (χ0) is 25.2. The SMILES string of the molecule is CCN(CC)CCN(C(=O)CCCSc1ccc(OC)cc1)c1nc2c(OC)ccc(OC)c2s1.Cl. The van der Waals surface area contributed by atoms with E-state index in [1.54, 1.807) is 33.1 Å². The Morgan fingerprint density at radius 3 is 2.22 bits per heavy atom. The number of amides is 1. The smallest absolute Gasteiger partial charge is 0.228 e. The Balaban J connectivity index is 0.00000456. The van der Waals surface area contributed by atoms with Gasteiger partial charge in [-0.3, -0.25) is 9.69 Å². The highest BCUT2D eigenvalue weighted by Crippen LogP contribution is 2.40. The second-order valence-corrected chi connectivity index (χ2v) is 9.99. The van der Waals surface area contributed by atoms with Gasteiger partial charge < -0.3 is 19.1 Å². The Kier molecular flexibility index (Phi) is 12.6. The minimum absolute atomic E-state index is 0. The first-order chi connectivity index (χ1) is 17.0. The number of thioether (sulfide) groups is 1. The van der Waals surface area contributed by atoms with Gasteiger partial charge in [0.2, 0.25) is 5.91 Å². The van der Waals surface area contributed by atoms with Crippen LogP contribution in [-0.4, -0.2) is 69.1 Å². The molecule has 1 aromatic heterocycles. The first kappa shape index (κ1) is 30.0. The average Bonchev–Trinajstić information content (AvgIpc) is 3.34. The van der Waals surface area contributed by atoms with Crippen LogP contribution in [0.4, 0.5) is 5.13 Å². The molecule has 2 aromatic carbocycles. The van der Waals surface area contributed by atoms with Gasteiger partial charge in [0.05, 0.1) is 21.3 Å². The second-order valence-electron chi connectivity index (χ2n) is 7.84. The van der Waals surface area contributed by atoms with E-state index in [2.05, 4.69) is 18.7 Å². The molecule has 0 radical (unpaired) electrons. The van der Waals surface area contributed by atoms with Gasteiger partial charge in [-0.2, -0.15) is 0 Å². The maximum Gasteiger partial charge on any atom is 0.228 e. The summed E-state index contributed by atoms with van der Waals surface area (Å²) in [7, 11) is 4.94. The summed E-state index contributed by atoms with van der Waals surface area (Å²) in [5.41, 5.74) is 0.725. The van der Waals surface area contributed by atoms with Crippen LogP contribution in [0.15, 0.2) is 41.3 Å². The predicted molar refractivity (Wildman–Crippen MR) is 153 cm³/mol. The molecule has 1 amide bonds. The number of fused-ring (bicyclic) bond motifs is 1. The predicted octanol–water partition coefficient (Wildman–Crippen LogP) is 5.99. The zero-order valence-electron chi connectivity index (χ0n) is 21.6. The fourth-order valence-electron chi connectivity index (χ4n) is 3.72. The quantitative estimate of drug-likeness (QED) is 0.179. The fourth-order valence-corrected chi connectivity index (χ4v) is 5.69. The molecule has 0 aliphatic carbocycles. The fraction of sp³-hybridized carbons (Fsp3) is 0.462. The van der Waals surface area contributed by atoms with Crippen LogP contribution in [-0.2, 0) is 4.79 Å². The summed E-state index contributed by atoms with van der Waals surface area (Å²) in [6.45, 7) is 7.55. The highest BCUT2D eigenvalue weighted by Gasteiger charge is 2.22. The molecule has 0 aliphatic heterocycles. The number of hydrogen-bond acceptors (Lipinski definition) is 8. The number of hydrogen-bond donors (Lipinski definition) is 0. The minimum atomic E-state index is 0. The van der Waals surface area contributed by atoms with Gasteiger partial charge in [-0.25, -0.2) is 4.98 Å². The molecule has 0 aliphatic rings. The van der Waals surface area contributed by atoms with Crippen molar-refractivity contribution in [3.8, 4) is 17.2 Å². The Hall–Kier alpha value is -2.20. The lowest BCUT2D eigenvalue weighted by Crippen LogP contribution is -2.38. The van der Waals surface area contributed by atoms with Crippen LogP contribution in [0, 0.1) is 0 Å². The molecule has 198 valence electrons. The topological polar surface area (TPSA) is 64.1 Å². The molecule has 0 saturated carbocycles. The lowest BCUT2D eigenvalue weighted by molar-refractivity contribution is -0.118. The number of carbonyl (C=O) groups is 1. The van der Waals surface area contributed by atoms with E-state index in [9.17, 15) is 4.79 Å². The van der Waals surface area contributed by atoms with Crippen LogP contribution in [0.1, 0.15) is 26.7 Å². The van der Waals surface area contributed by atoms with Gasteiger partial charge in [-0.05, 0) is 61.7 Å². The van der Waals surface area contributed by atoms with Crippen molar-refractivity contribution in [3.05, 3.63) is 36.4 Å². The van der Waals surface area contributed by atoms with Gasteiger partial charge in [0, 0.05) is 24.4 Å². The highest BCUT2D eigenvalue weighted by atomic mass is 35.5. The molecule has 0 bridgehead atoms. The lowest BCUT2D eigenvalue weighted by Gasteiger charge is -2.24. The van der Waals surface area contributed by atoms with Crippen LogP contribution in [0.3, 0.4) is 0 Å². The Morgan fingerprint density at radius 2 is 1.61 bits per heavy atom. The van der Waals surface area contributed by atoms with Gasteiger partial charge >= 0.3 is 0 Å². The molecule has 10 heteroatoms. The van der Waals surface area contributed by atoms with Crippen LogP contribution in [0.25, 0.3) is 10.2 Å². The van der Waals surface area contributed by atoms with E-state index >= 15 is 0 Å². The number of methoxy groups -OCH3 is 3. The van der Waals surface area contributed by atoms with E-state index in [0.717, 1.165) is 53.5 Å². The summed E-state index contributed by atoms with van der Waals surface area (Å²) in [4.78, 5) is 23.5. The number of rotatable bonds is 14. The monoisotopic (exact) mass is 553 g/mol. The number of carbonyl (C=O) groups excluding carboxylic acids is 1. The summed E-state index contributed by atoms with van der Waals surface area (Å²) >= 11 is 3.22. The Labute approximate surface area is 228 Å². The third-order valence-electron chi connectivity index (χ3n) is 5.83. The van der Waals surface area contributed by atoms with Crippen molar-refractivity contribution in [2.75, 3.05) is 58.2 Å². The van der Waals surface area contributed by atoms with E-state index in [1.807, 2.05) is 41.3 Å². The summed E-state index contributed by atoms with van der Waals surface area (Å²) in [6.07, 6.45) is 1.25. The van der Waals surface area contributed by atoms with Gasteiger partial charge in [-0.15, -0.1) is 24.2 Å². The van der Waals surface area contributed by atoms with Crippen molar-refractivity contribution in [1.29, 1.82) is 0 Å². The molecule has 0 spiro atoms. The standard InChI is InChI=1S/C26H35N3O4S2.ClH/c1-6-28(7-2)16-17-29(23(30)9-8-18-34-20-12-10-19(31-3)11-13-20)26-27-24-21(32-4)14-15-22(33-5)25(24)35-26;/h10-15H,6-9,16-18H2,1-5H3;1H. The third-order valence-corrected chi connectivity index (χ3v) is 8.02. The molecule has 0 saturated heterocycles. The van der Waals surface area contributed by atoms with Crippen LogP contribution >= 0.6 is 35.5 Å². The van der Waals surface area contributed by atoms with Gasteiger partial charge in [0.15, 0.2) is 5.13 Å². The first-order valence-corrected chi connectivity index (χ1v) is 13.7. The van der Waals surface area contributed by atoms with Crippen molar-refractivity contribution < 1.29 is 19.0 Å². The highest BCUT2D eigenvalue weighted by molar-refractivity contribution is 7.99. The van der Waals surface area contributed by atoms with E-state index in [4.69, 9.17) is 19.2 Å². The molecule has 3 rings (SSSR count). The summed E-state index contributed by atoms with van der Waals surface area (Å²) in [5.74, 6) is 3.21. The van der Waals surface area contributed by atoms with Crippen molar-refractivity contribution in [1.82, 2.24) is 9.88 Å². The molecule has 0 N–H and O–H groups in total. The summed E-state index contributed by atoms with van der Waals surface area (Å²) in [5, 5.41) is 0.683. The molecular formula is C26H36ClN3O4S2. The maximum atomic E-state index is 13.4. The van der Waals surface area contributed by atoms with Crippen LogP contribution < -0.4 is 19.1 Å². The van der Waals surface area contributed by atoms with Gasteiger partial charge in [-0.1, -0.05) is 25.2 Å². The van der Waals surface area contributed by atoms with Gasteiger partial charge in [0.1, 0.15) is 27.5 Å². The average molecular weight is 554 g/mol. The Morgan fingerprint density at radius 1 is 0.944 bits per heavy atom. The van der Waals surface area contributed by atoms with Crippen molar-refractivity contribution in [3.63, 3.8) is 0 Å². The number of ether oxygens (including phenoxy) is 3.